The third-order valence-electron chi connectivity index (χ3n) is 5.65. The molecule has 0 amide bonds. The van der Waals surface area contributed by atoms with Crippen LogP contribution in [0.15, 0.2) is 36.4 Å². The Bertz CT molecular complexity index is 578. The number of benzene rings is 1. The Morgan fingerprint density at radius 3 is 2.68 bits per heavy atom. The average Bonchev–Trinajstić information content (AvgIpc) is 3.22. The summed E-state index contributed by atoms with van der Waals surface area (Å²) in [6.45, 7) is 6.38. The van der Waals surface area contributed by atoms with E-state index in [-0.39, 0.29) is 23.4 Å². The van der Waals surface area contributed by atoms with Crippen LogP contribution in [0.5, 0.6) is 0 Å². The SMILES string of the molecule is CC1C2CC2(C(C)C)C(OC(=O)/C=C/c2ccccc2)[C@H]1O. The first kappa shape index (κ1) is 15.3. The Balaban J connectivity index is 1.69. The standard InChI is InChI=1S/C19H24O3/c1-12(2)19-11-15(19)13(3)17(21)18(19)22-16(20)10-9-14-7-5-4-6-8-14/h4-10,12-13,15,17-18,21H,11H2,1-3H3/b10-9+/t13?,15?,17-,18?,19?/m0/s1. The van der Waals surface area contributed by atoms with E-state index in [1.165, 1.54) is 6.08 Å². The van der Waals surface area contributed by atoms with Crippen LogP contribution in [0.4, 0.5) is 0 Å². The minimum Gasteiger partial charge on any atom is -0.456 e. The second-order valence-corrected chi connectivity index (χ2v) is 7.03. The third-order valence-corrected chi connectivity index (χ3v) is 5.65. The summed E-state index contributed by atoms with van der Waals surface area (Å²) in [5, 5.41) is 10.4. The number of hydrogen-bond acceptors (Lipinski definition) is 3. The molecule has 1 aromatic carbocycles. The van der Waals surface area contributed by atoms with Gasteiger partial charge >= 0.3 is 5.97 Å². The fraction of sp³-hybridized carbons (Fsp3) is 0.526. The molecular formula is C19H24O3. The Morgan fingerprint density at radius 1 is 1.36 bits per heavy atom. The summed E-state index contributed by atoms with van der Waals surface area (Å²) >= 11 is 0. The van der Waals surface area contributed by atoms with Crippen molar-refractivity contribution in [1.29, 1.82) is 0 Å². The van der Waals surface area contributed by atoms with Crippen molar-refractivity contribution in [3.63, 3.8) is 0 Å². The first-order valence-electron chi connectivity index (χ1n) is 8.08. The molecule has 118 valence electrons. The molecule has 2 aliphatic carbocycles. The second-order valence-electron chi connectivity index (χ2n) is 7.03. The van der Waals surface area contributed by atoms with Gasteiger partial charge in [-0.15, -0.1) is 0 Å². The zero-order chi connectivity index (χ0) is 15.9. The van der Waals surface area contributed by atoms with Crippen LogP contribution < -0.4 is 0 Å². The highest BCUT2D eigenvalue weighted by atomic mass is 16.6. The molecule has 3 heteroatoms. The number of carbonyl (C=O) groups excluding carboxylic acids is 1. The first-order chi connectivity index (χ1) is 10.5. The van der Waals surface area contributed by atoms with Crippen molar-refractivity contribution in [2.45, 2.75) is 39.4 Å². The van der Waals surface area contributed by atoms with Crippen molar-refractivity contribution in [2.75, 3.05) is 0 Å². The number of hydrogen-bond donors (Lipinski definition) is 1. The van der Waals surface area contributed by atoms with Crippen molar-refractivity contribution >= 4 is 12.0 Å². The second kappa shape index (κ2) is 5.54. The zero-order valence-electron chi connectivity index (χ0n) is 13.4. The number of ether oxygens (including phenoxy) is 1. The number of rotatable bonds is 4. The highest BCUT2D eigenvalue weighted by molar-refractivity contribution is 5.87. The normalized spacial score (nSPS) is 36.6. The smallest absolute Gasteiger partial charge is 0.331 e. The highest BCUT2D eigenvalue weighted by Crippen LogP contribution is 2.70. The van der Waals surface area contributed by atoms with Gasteiger partial charge in [-0.25, -0.2) is 4.79 Å². The Kier molecular flexibility index (Phi) is 3.85. The molecule has 0 bridgehead atoms. The van der Waals surface area contributed by atoms with Gasteiger partial charge < -0.3 is 9.84 Å². The number of carbonyl (C=O) groups is 1. The summed E-state index contributed by atoms with van der Waals surface area (Å²) in [5.74, 6) is 0.734. The molecule has 3 rings (SSSR count). The van der Waals surface area contributed by atoms with Crippen molar-refractivity contribution in [2.24, 2.45) is 23.2 Å². The van der Waals surface area contributed by atoms with Crippen LogP contribution in [0.3, 0.4) is 0 Å². The van der Waals surface area contributed by atoms with Gasteiger partial charge in [-0.2, -0.15) is 0 Å². The van der Waals surface area contributed by atoms with Gasteiger partial charge in [-0.05, 0) is 35.8 Å². The predicted octanol–water partition coefficient (Wildman–Crippen LogP) is 3.28. The maximum atomic E-state index is 12.1. The van der Waals surface area contributed by atoms with Gasteiger partial charge in [-0.1, -0.05) is 51.1 Å². The van der Waals surface area contributed by atoms with Crippen molar-refractivity contribution < 1.29 is 14.6 Å². The highest BCUT2D eigenvalue weighted by Gasteiger charge is 2.72. The minimum atomic E-state index is -0.546. The molecule has 0 heterocycles. The van der Waals surface area contributed by atoms with Crippen LogP contribution in [-0.2, 0) is 9.53 Å². The van der Waals surface area contributed by atoms with Gasteiger partial charge in [0.25, 0.3) is 0 Å². The van der Waals surface area contributed by atoms with Crippen LogP contribution >= 0.6 is 0 Å². The van der Waals surface area contributed by atoms with Crippen molar-refractivity contribution in [3.05, 3.63) is 42.0 Å². The number of fused-ring (bicyclic) bond motifs is 1. The molecule has 22 heavy (non-hydrogen) atoms. The van der Waals surface area contributed by atoms with E-state index in [2.05, 4.69) is 20.8 Å². The van der Waals surface area contributed by atoms with Crippen molar-refractivity contribution in [1.82, 2.24) is 0 Å². The topological polar surface area (TPSA) is 46.5 Å². The van der Waals surface area contributed by atoms with Crippen LogP contribution in [-0.4, -0.2) is 23.3 Å². The summed E-state index contributed by atoms with van der Waals surface area (Å²) in [5.41, 5.74) is 0.942. The quantitative estimate of drug-likeness (QED) is 0.685. The van der Waals surface area contributed by atoms with E-state index >= 15 is 0 Å². The van der Waals surface area contributed by atoms with E-state index in [9.17, 15) is 9.90 Å². The van der Waals surface area contributed by atoms with E-state index in [1.807, 2.05) is 30.3 Å². The van der Waals surface area contributed by atoms with E-state index in [1.54, 1.807) is 6.08 Å². The number of aliphatic hydroxyl groups excluding tert-OH is 1. The zero-order valence-corrected chi connectivity index (χ0v) is 13.4. The van der Waals surface area contributed by atoms with Crippen LogP contribution in [0.2, 0.25) is 0 Å². The number of esters is 1. The molecule has 0 saturated heterocycles. The lowest BCUT2D eigenvalue weighted by Crippen LogP contribution is -2.38. The van der Waals surface area contributed by atoms with Crippen LogP contribution in [0, 0.1) is 23.2 Å². The maximum absolute atomic E-state index is 12.1. The third kappa shape index (κ3) is 2.38. The lowest BCUT2D eigenvalue weighted by molar-refractivity contribution is -0.154. The fourth-order valence-electron chi connectivity index (χ4n) is 4.22. The van der Waals surface area contributed by atoms with Gasteiger partial charge in [0.05, 0.1) is 6.10 Å². The van der Waals surface area contributed by atoms with Crippen LogP contribution in [0.25, 0.3) is 6.08 Å². The average molecular weight is 300 g/mol. The van der Waals surface area contributed by atoms with Gasteiger partial charge in [-0.3, -0.25) is 0 Å². The van der Waals surface area contributed by atoms with Gasteiger partial charge in [0.2, 0.25) is 0 Å². The van der Waals surface area contributed by atoms with Crippen LogP contribution in [0.1, 0.15) is 32.8 Å². The van der Waals surface area contributed by atoms with Crippen molar-refractivity contribution in [3.8, 4) is 0 Å². The Labute approximate surface area is 132 Å². The number of aliphatic hydroxyl groups is 1. The molecule has 0 aliphatic heterocycles. The molecule has 2 aliphatic rings. The van der Waals surface area contributed by atoms with Gasteiger partial charge in [0.1, 0.15) is 6.10 Å². The molecular weight excluding hydrogens is 276 g/mol. The molecule has 5 atom stereocenters. The minimum absolute atomic E-state index is 0.0188. The van der Waals surface area contributed by atoms with E-state index in [4.69, 9.17) is 4.74 Å². The maximum Gasteiger partial charge on any atom is 0.331 e. The van der Waals surface area contributed by atoms with Gasteiger partial charge in [0.15, 0.2) is 0 Å². The van der Waals surface area contributed by atoms with E-state index < -0.39 is 6.10 Å². The van der Waals surface area contributed by atoms with Gasteiger partial charge in [0, 0.05) is 11.5 Å². The summed E-state index contributed by atoms with van der Waals surface area (Å²) in [6, 6.07) is 9.66. The molecule has 4 unspecified atom stereocenters. The Hall–Kier alpha value is -1.61. The lowest BCUT2D eigenvalue weighted by atomic mass is 9.87. The predicted molar refractivity (Wildman–Crippen MR) is 85.9 cm³/mol. The molecule has 0 aromatic heterocycles. The largest absolute Gasteiger partial charge is 0.456 e. The molecule has 1 N–H and O–H groups in total. The first-order valence-corrected chi connectivity index (χ1v) is 8.08. The van der Waals surface area contributed by atoms with E-state index in [0.717, 1.165) is 12.0 Å². The lowest BCUT2D eigenvalue weighted by Gasteiger charge is -2.29. The van der Waals surface area contributed by atoms with E-state index in [0.29, 0.717) is 11.8 Å². The summed E-state index contributed by atoms with van der Waals surface area (Å²) in [6.07, 6.45) is 3.34. The summed E-state index contributed by atoms with van der Waals surface area (Å²) < 4.78 is 5.66. The monoisotopic (exact) mass is 300 g/mol. The molecule has 1 aromatic rings. The molecule has 0 radical (unpaired) electrons. The molecule has 2 saturated carbocycles. The summed E-state index contributed by atoms with van der Waals surface area (Å²) in [4.78, 5) is 12.1. The molecule has 0 spiro atoms. The Morgan fingerprint density at radius 2 is 2.05 bits per heavy atom. The molecule has 3 nitrogen and oxygen atoms in total. The molecule has 2 fully saturated rings. The summed E-state index contributed by atoms with van der Waals surface area (Å²) in [7, 11) is 0. The fourth-order valence-corrected chi connectivity index (χ4v) is 4.22.